The van der Waals surface area contributed by atoms with Gasteiger partial charge in [-0.3, -0.25) is 9.69 Å². The number of hydrogen-bond acceptors (Lipinski definition) is 2. The molecule has 0 aromatic heterocycles. The van der Waals surface area contributed by atoms with Crippen molar-refractivity contribution in [1.82, 2.24) is 10.2 Å². The Hall–Kier alpha value is -2.13. The van der Waals surface area contributed by atoms with Gasteiger partial charge in [0.15, 0.2) is 0 Å². The van der Waals surface area contributed by atoms with Gasteiger partial charge in [-0.05, 0) is 37.1 Å². The van der Waals surface area contributed by atoms with E-state index in [1.165, 1.54) is 12.0 Å². The van der Waals surface area contributed by atoms with Crippen molar-refractivity contribution in [3.63, 3.8) is 0 Å². The Balaban J connectivity index is 1.54. The number of carbonyl (C=O) groups is 1. The third-order valence-corrected chi connectivity index (χ3v) is 4.26. The van der Waals surface area contributed by atoms with Crippen LogP contribution in [0, 0.1) is 0 Å². The summed E-state index contributed by atoms with van der Waals surface area (Å²) in [6, 6.07) is 20.4. The molecule has 1 saturated heterocycles. The molecule has 1 atom stereocenters. The monoisotopic (exact) mass is 294 g/mol. The van der Waals surface area contributed by atoms with Gasteiger partial charge in [0, 0.05) is 24.7 Å². The number of rotatable bonds is 5. The molecule has 1 amide bonds. The molecule has 3 rings (SSSR count). The van der Waals surface area contributed by atoms with E-state index in [2.05, 4.69) is 34.5 Å². The van der Waals surface area contributed by atoms with Crippen LogP contribution < -0.4 is 5.32 Å². The fraction of sp³-hybridized carbons (Fsp3) is 0.316. The van der Waals surface area contributed by atoms with E-state index >= 15 is 0 Å². The molecule has 0 bridgehead atoms. The number of nitrogens with one attached hydrogen (secondary N) is 1. The van der Waals surface area contributed by atoms with Crippen LogP contribution in [0.5, 0.6) is 0 Å². The summed E-state index contributed by atoms with van der Waals surface area (Å²) in [5.74, 6) is 0.0205. The van der Waals surface area contributed by atoms with Gasteiger partial charge in [-0.15, -0.1) is 0 Å². The molecule has 2 aromatic rings. The van der Waals surface area contributed by atoms with Gasteiger partial charge in [0.1, 0.15) is 0 Å². The normalized spacial score (nSPS) is 18.3. The van der Waals surface area contributed by atoms with E-state index in [0.29, 0.717) is 6.04 Å². The highest BCUT2D eigenvalue weighted by Crippen LogP contribution is 2.19. The van der Waals surface area contributed by atoms with Gasteiger partial charge in [-0.1, -0.05) is 48.5 Å². The van der Waals surface area contributed by atoms with E-state index in [1.807, 2.05) is 36.4 Å². The van der Waals surface area contributed by atoms with E-state index in [9.17, 15) is 4.79 Å². The van der Waals surface area contributed by atoms with Crippen LogP contribution >= 0.6 is 0 Å². The van der Waals surface area contributed by atoms with Crippen molar-refractivity contribution < 1.29 is 4.79 Å². The fourth-order valence-electron chi connectivity index (χ4n) is 3.05. The van der Waals surface area contributed by atoms with Crippen LogP contribution in [-0.4, -0.2) is 29.9 Å². The van der Waals surface area contributed by atoms with Gasteiger partial charge in [0.05, 0.1) is 0 Å². The lowest BCUT2D eigenvalue weighted by Crippen LogP contribution is -2.39. The van der Waals surface area contributed by atoms with Crippen LogP contribution in [0.4, 0.5) is 0 Å². The summed E-state index contributed by atoms with van der Waals surface area (Å²) in [6.07, 6.45) is 2.36. The van der Waals surface area contributed by atoms with E-state index < -0.39 is 0 Å². The summed E-state index contributed by atoms with van der Waals surface area (Å²) in [6.45, 7) is 2.80. The molecule has 1 unspecified atom stereocenters. The molecule has 1 aliphatic rings. The lowest BCUT2D eigenvalue weighted by atomic mass is 10.1. The first-order valence-electron chi connectivity index (χ1n) is 7.94. The van der Waals surface area contributed by atoms with E-state index in [-0.39, 0.29) is 5.91 Å². The second-order valence-electron chi connectivity index (χ2n) is 5.83. The molecule has 22 heavy (non-hydrogen) atoms. The Morgan fingerprint density at radius 2 is 1.73 bits per heavy atom. The predicted octanol–water partition coefficient (Wildman–Crippen LogP) is 3.08. The molecular formula is C19H22N2O. The molecule has 1 fully saturated rings. The number of carbonyl (C=O) groups excluding carboxylic acids is 1. The number of likely N-dealkylation sites (tertiary alicyclic amines) is 1. The van der Waals surface area contributed by atoms with Gasteiger partial charge in [0.25, 0.3) is 5.91 Å². The maximum Gasteiger partial charge on any atom is 0.251 e. The van der Waals surface area contributed by atoms with Crippen molar-refractivity contribution in [1.29, 1.82) is 0 Å². The van der Waals surface area contributed by atoms with Crippen molar-refractivity contribution in [3.05, 3.63) is 71.8 Å². The zero-order valence-electron chi connectivity index (χ0n) is 12.7. The molecule has 3 heteroatoms. The third-order valence-electron chi connectivity index (χ3n) is 4.26. The number of amides is 1. The summed E-state index contributed by atoms with van der Waals surface area (Å²) in [4.78, 5) is 14.6. The highest BCUT2D eigenvalue weighted by atomic mass is 16.1. The van der Waals surface area contributed by atoms with Gasteiger partial charge in [0.2, 0.25) is 0 Å². The van der Waals surface area contributed by atoms with Crippen molar-refractivity contribution in [3.8, 4) is 0 Å². The van der Waals surface area contributed by atoms with E-state index in [4.69, 9.17) is 0 Å². The van der Waals surface area contributed by atoms with Gasteiger partial charge >= 0.3 is 0 Å². The van der Waals surface area contributed by atoms with E-state index in [0.717, 1.165) is 31.6 Å². The first-order valence-corrected chi connectivity index (χ1v) is 7.94. The predicted molar refractivity (Wildman–Crippen MR) is 88.6 cm³/mol. The second-order valence-corrected chi connectivity index (χ2v) is 5.83. The van der Waals surface area contributed by atoms with Crippen molar-refractivity contribution in [2.75, 3.05) is 13.1 Å². The second kappa shape index (κ2) is 7.23. The first-order chi connectivity index (χ1) is 10.8. The molecular weight excluding hydrogens is 272 g/mol. The molecule has 114 valence electrons. The topological polar surface area (TPSA) is 32.3 Å². The lowest BCUT2D eigenvalue weighted by Gasteiger charge is -2.24. The molecule has 1 heterocycles. The smallest absolute Gasteiger partial charge is 0.251 e. The SMILES string of the molecule is O=C(NCC1CCCN1Cc1ccccc1)c1ccccc1. The summed E-state index contributed by atoms with van der Waals surface area (Å²) >= 11 is 0. The summed E-state index contributed by atoms with van der Waals surface area (Å²) in [7, 11) is 0. The number of hydrogen-bond donors (Lipinski definition) is 1. The molecule has 1 aliphatic heterocycles. The van der Waals surface area contributed by atoms with Crippen molar-refractivity contribution in [2.24, 2.45) is 0 Å². The quantitative estimate of drug-likeness (QED) is 0.919. The number of nitrogens with zero attached hydrogens (tertiary/aromatic N) is 1. The number of benzene rings is 2. The minimum atomic E-state index is 0.0205. The van der Waals surface area contributed by atoms with Crippen LogP contribution in [0.25, 0.3) is 0 Å². The molecule has 0 radical (unpaired) electrons. The van der Waals surface area contributed by atoms with Gasteiger partial charge < -0.3 is 5.32 Å². The third kappa shape index (κ3) is 3.74. The average molecular weight is 294 g/mol. The molecule has 0 saturated carbocycles. The Morgan fingerprint density at radius 3 is 2.45 bits per heavy atom. The maximum absolute atomic E-state index is 12.1. The summed E-state index contributed by atoms with van der Waals surface area (Å²) in [5.41, 5.74) is 2.07. The molecule has 0 aliphatic carbocycles. The minimum absolute atomic E-state index is 0.0205. The molecule has 0 spiro atoms. The minimum Gasteiger partial charge on any atom is -0.350 e. The Kier molecular flexibility index (Phi) is 4.86. The zero-order valence-corrected chi connectivity index (χ0v) is 12.7. The molecule has 1 N–H and O–H groups in total. The summed E-state index contributed by atoms with van der Waals surface area (Å²) in [5, 5.41) is 3.08. The van der Waals surface area contributed by atoms with Crippen LogP contribution in [-0.2, 0) is 6.54 Å². The van der Waals surface area contributed by atoms with Gasteiger partial charge in [-0.25, -0.2) is 0 Å². The highest BCUT2D eigenvalue weighted by molar-refractivity contribution is 5.94. The van der Waals surface area contributed by atoms with E-state index in [1.54, 1.807) is 0 Å². The zero-order chi connectivity index (χ0) is 15.2. The van der Waals surface area contributed by atoms with Gasteiger partial charge in [-0.2, -0.15) is 0 Å². The fourth-order valence-corrected chi connectivity index (χ4v) is 3.05. The first kappa shape index (κ1) is 14.8. The lowest BCUT2D eigenvalue weighted by molar-refractivity contribution is 0.0940. The van der Waals surface area contributed by atoms with Crippen LogP contribution in [0.3, 0.4) is 0 Å². The average Bonchev–Trinajstić information content (AvgIpc) is 3.01. The Morgan fingerprint density at radius 1 is 1.05 bits per heavy atom. The van der Waals surface area contributed by atoms with Crippen molar-refractivity contribution in [2.45, 2.75) is 25.4 Å². The Bertz CT molecular complexity index is 597. The van der Waals surface area contributed by atoms with Crippen LogP contribution in [0.15, 0.2) is 60.7 Å². The van der Waals surface area contributed by atoms with Crippen molar-refractivity contribution >= 4 is 5.91 Å². The molecule has 3 nitrogen and oxygen atoms in total. The highest BCUT2D eigenvalue weighted by Gasteiger charge is 2.24. The van der Waals surface area contributed by atoms with Crippen LogP contribution in [0.2, 0.25) is 0 Å². The maximum atomic E-state index is 12.1. The Labute approximate surface area is 132 Å². The van der Waals surface area contributed by atoms with Crippen LogP contribution in [0.1, 0.15) is 28.8 Å². The standard InChI is InChI=1S/C19H22N2O/c22-19(17-10-5-2-6-11-17)20-14-18-12-7-13-21(18)15-16-8-3-1-4-9-16/h1-6,8-11,18H,7,12-15H2,(H,20,22). The molecule has 2 aromatic carbocycles. The largest absolute Gasteiger partial charge is 0.350 e. The summed E-state index contributed by atoms with van der Waals surface area (Å²) < 4.78 is 0.